The molecular weight excluding hydrogens is 436 g/mol. The topological polar surface area (TPSA) is 134 Å². The second kappa shape index (κ2) is 8.80. The molecule has 0 saturated carbocycles. The largest absolute Gasteiger partial charge is 0.478 e. The summed E-state index contributed by atoms with van der Waals surface area (Å²) in [6.07, 6.45) is 0.315. The van der Waals surface area contributed by atoms with Gasteiger partial charge in [-0.25, -0.2) is 14.6 Å². The van der Waals surface area contributed by atoms with Crippen molar-refractivity contribution in [3.05, 3.63) is 94.2 Å². The predicted octanol–water partition coefficient (Wildman–Crippen LogP) is 3.33. The molecule has 0 aliphatic heterocycles. The van der Waals surface area contributed by atoms with Gasteiger partial charge >= 0.3 is 11.7 Å². The van der Waals surface area contributed by atoms with Crippen LogP contribution in [-0.4, -0.2) is 42.5 Å². The molecule has 0 radical (unpaired) electrons. The molecule has 9 nitrogen and oxygen atoms in total. The Labute approximate surface area is 192 Å². The van der Waals surface area contributed by atoms with E-state index in [0.717, 1.165) is 22.3 Å². The number of rotatable bonds is 7. The Morgan fingerprint density at radius 2 is 1.76 bits per heavy atom. The monoisotopic (exact) mass is 456 g/mol. The highest BCUT2D eigenvalue weighted by Crippen LogP contribution is 2.30. The number of imidazole rings is 1. The number of aromatic carboxylic acids is 1. The van der Waals surface area contributed by atoms with Gasteiger partial charge in [0.2, 0.25) is 0 Å². The Balaban J connectivity index is 1.53. The van der Waals surface area contributed by atoms with Crippen LogP contribution in [-0.2, 0) is 13.0 Å². The average molecular weight is 456 g/mol. The van der Waals surface area contributed by atoms with Crippen LogP contribution in [0.3, 0.4) is 0 Å². The van der Waals surface area contributed by atoms with Crippen molar-refractivity contribution in [2.24, 2.45) is 0 Å². The SMILES string of the molecule is O=C(O)c1cccc2nc(CCO)n(Cc3ccc(-c4ccccc4-c4noc(=O)[nH]4)cc3)c12. The lowest BCUT2D eigenvalue weighted by atomic mass is 9.98. The van der Waals surface area contributed by atoms with Crippen LogP contribution >= 0.6 is 0 Å². The predicted molar refractivity (Wildman–Crippen MR) is 125 cm³/mol. The van der Waals surface area contributed by atoms with Gasteiger partial charge in [-0.15, -0.1) is 0 Å². The van der Waals surface area contributed by atoms with Gasteiger partial charge in [0.05, 0.1) is 23.2 Å². The van der Waals surface area contributed by atoms with Gasteiger partial charge in [0.15, 0.2) is 5.82 Å². The fourth-order valence-electron chi connectivity index (χ4n) is 4.13. The zero-order chi connectivity index (χ0) is 23.7. The summed E-state index contributed by atoms with van der Waals surface area (Å²) in [6, 6.07) is 20.3. The molecule has 170 valence electrons. The van der Waals surface area contributed by atoms with Gasteiger partial charge in [-0.1, -0.05) is 59.8 Å². The summed E-state index contributed by atoms with van der Waals surface area (Å²) in [4.78, 5) is 30.3. The first-order valence-electron chi connectivity index (χ1n) is 10.6. The first-order valence-corrected chi connectivity index (χ1v) is 10.6. The molecule has 0 aliphatic carbocycles. The zero-order valence-electron chi connectivity index (χ0n) is 17.9. The zero-order valence-corrected chi connectivity index (χ0v) is 17.9. The second-order valence-electron chi connectivity index (χ2n) is 7.75. The summed E-state index contributed by atoms with van der Waals surface area (Å²) < 4.78 is 6.50. The molecule has 0 amide bonds. The van der Waals surface area contributed by atoms with Crippen molar-refractivity contribution in [2.75, 3.05) is 6.61 Å². The lowest BCUT2D eigenvalue weighted by Gasteiger charge is -2.12. The quantitative estimate of drug-likeness (QED) is 0.342. The molecule has 5 aromatic rings. The van der Waals surface area contributed by atoms with E-state index in [0.29, 0.717) is 35.6 Å². The Bertz CT molecular complexity index is 1550. The van der Waals surface area contributed by atoms with Crippen LogP contribution in [0, 0.1) is 0 Å². The Morgan fingerprint density at radius 3 is 2.44 bits per heavy atom. The maximum absolute atomic E-state index is 11.8. The van der Waals surface area contributed by atoms with Crippen molar-refractivity contribution >= 4 is 17.0 Å². The van der Waals surface area contributed by atoms with Crippen LogP contribution < -0.4 is 5.76 Å². The highest BCUT2D eigenvalue weighted by atomic mass is 16.5. The molecule has 0 bridgehead atoms. The van der Waals surface area contributed by atoms with Crippen LogP contribution in [0.15, 0.2) is 76.0 Å². The number of carboxylic acid groups (broad SMARTS) is 1. The highest BCUT2D eigenvalue weighted by molar-refractivity contribution is 6.01. The van der Waals surface area contributed by atoms with Crippen molar-refractivity contribution in [1.29, 1.82) is 0 Å². The molecule has 2 aromatic heterocycles. The number of hydrogen-bond acceptors (Lipinski definition) is 6. The smallest absolute Gasteiger partial charge is 0.439 e. The molecule has 2 heterocycles. The van der Waals surface area contributed by atoms with Crippen LogP contribution in [0.1, 0.15) is 21.7 Å². The number of hydrogen-bond donors (Lipinski definition) is 3. The number of para-hydroxylation sites is 1. The summed E-state index contributed by atoms with van der Waals surface area (Å²) >= 11 is 0. The number of H-pyrrole nitrogens is 1. The molecular formula is C25H20N4O5. The molecule has 3 aromatic carbocycles. The number of aromatic amines is 1. The van der Waals surface area contributed by atoms with Gasteiger partial charge in [0, 0.05) is 18.5 Å². The number of aliphatic hydroxyl groups is 1. The van der Waals surface area contributed by atoms with Crippen LogP contribution in [0.5, 0.6) is 0 Å². The molecule has 9 heteroatoms. The number of benzene rings is 3. The van der Waals surface area contributed by atoms with Gasteiger partial charge in [-0.3, -0.25) is 9.51 Å². The number of carbonyl (C=O) groups is 1. The van der Waals surface area contributed by atoms with E-state index in [9.17, 15) is 19.8 Å². The number of nitrogens with one attached hydrogen (secondary N) is 1. The van der Waals surface area contributed by atoms with Crippen LogP contribution in [0.2, 0.25) is 0 Å². The third-order valence-corrected chi connectivity index (χ3v) is 5.64. The minimum Gasteiger partial charge on any atom is -0.478 e. The van der Waals surface area contributed by atoms with Crippen molar-refractivity contribution in [3.63, 3.8) is 0 Å². The van der Waals surface area contributed by atoms with Crippen LogP contribution in [0.4, 0.5) is 0 Å². The number of carboxylic acids is 1. The van der Waals surface area contributed by atoms with E-state index >= 15 is 0 Å². The van der Waals surface area contributed by atoms with E-state index < -0.39 is 11.7 Å². The molecule has 3 N–H and O–H groups in total. The average Bonchev–Trinajstić information content (AvgIpc) is 3.43. The highest BCUT2D eigenvalue weighted by Gasteiger charge is 2.18. The number of fused-ring (bicyclic) bond motifs is 1. The van der Waals surface area contributed by atoms with Gasteiger partial charge in [-0.05, 0) is 28.8 Å². The fraction of sp³-hybridized carbons (Fsp3) is 0.120. The minimum absolute atomic E-state index is 0.0917. The van der Waals surface area contributed by atoms with Crippen molar-refractivity contribution in [3.8, 4) is 22.5 Å². The lowest BCUT2D eigenvalue weighted by molar-refractivity contribution is 0.0698. The molecule has 0 fully saturated rings. The summed E-state index contributed by atoms with van der Waals surface area (Å²) in [6.45, 7) is 0.306. The van der Waals surface area contributed by atoms with Crippen molar-refractivity contribution in [2.45, 2.75) is 13.0 Å². The standard InChI is InChI=1S/C25H20N4O5/c30-13-12-21-26-20-7-3-6-19(24(31)32)22(20)29(21)14-15-8-10-16(11-9-15)17-4-1-2-5-18(17)23-27-25(33)34-28-23/h1-11,30H,12-14H2,(H,31,32)(H,27,28,33). The molecule has 5 rings (SSSR count). The van der Waals surface area contributed by atoms with E-state index in [1.165, 1.54) is 0 Å². The van der Waals surface area contributed by atoms with Gasteiger partial charge in [0.25, 0.3) is 0 Å². The fourth-order valence-corrected chi connectivity index (χ4v) is 4.13. The van der Waals surface area contributed by atoms with Crippen LogP contribution in [0.25, 0.3) is 33.5 Å². The molecule has 0 atom stereocenters. The van der Waals surface area contributed by atoms with E-state index in [1.54, 1.807) is 18.2 Å². The Morgan fingerprint density at radius 1 is 1.00 bits per heavy atom. The molecule has 0 spiro atoms. The minimum atomic E-state index is -1.03. The normalized spacial score (nSPS) is 11.2. The summed E-state index contributed by atoms with van der Waals surface area (Å²) in [5.41, 5.74) is 4.74. The maximum Gasteiger partial charge on any atom is 0.439 e. The molecule has 0 unspecified atom stereocenters. The molecule has 0 saturated heterocycles. The first-order chi connectivity index (χ1) is 16.5. The number of aromatic nitrogens is 4. The Hall–Kier alpha value is -4.50. The van der Waals surface area contributed by atoms with Gasteiger partial charge in [-0.2, -0.15) is 0 Å². The number of nitrogens with zero attached hydrogens (tertiary/aromatic N) is 3. The Kier molecular flexibility index (Phi) is 5.52. The van der Waals surface area contributed by atoms with Crippen molar-refractivity contribution in [1.82, 2.24) is 19.7 Å². The van der Waals surface area contributed by atoms with E-state index in [1.807, 2.05) is 53.1 Å². The third kappa shape index (κ3) is 3.89. The van der Waals surface area contributed by atoms with E-state index in [2.05, 4.69) is 19.6 Å². The van der Waals surface area contributed by atoms with Crippen molar-refractivity contribution < 1.29 is 19.5 Å². The van der Waals surface area contributed by atoms with E-state index in [4.69, 9.17) is 0 Å². The van der Waals surface area contributed by atoms with Gasteiger partial charge < -0.3 is 14.8 Å². The third-order valence-electron chi connectivity index (χ3n) is 5.64. The number of aliphatic hydroxyl groups excluding tert-OH is 1. The van der Waals surface area contributed by atoms with Gasteiger partial charge in [0.1, 0.15) is 5.82 Å². The summed E-state index contributed by atoms with van der Waals surface area (Å²) in [7, 11) is 0. The maximum atomic E-state index is 11.8. The lowest BCUT2D eigenvalue weighted by Crippen LogP contribution is -2.09. The first kappa shape index (κ1) is 21.4. The molecule has 34 heavy (non-hydrogen) atoms. The summed E-state index contributed by atoms with van der Waals surface area (Å²) in [5.74, 6) is -0.674. The van der Waals surface area contributed by atoms with E-state index in [-0.39, 0.29) is 12.2 Å². The second-order valence-corrected chi connectivity index (χ2v) is 7.75. The summed E-state index contributed by atoms with van der Waals surface area (Å²) in [5, 5.41) is 23.0. The molecule has 0 aliphatic rings.